The number of hydrogen-bond acceptors (Lipinski definition) is 9. The minimum atomic E-state index is -4.73. The number of rotatable bonds is 13. The van der Waals surface area contributed by atoms with Crippen LogP contribution in [0.3, 0.4) is 0 Å². The van der Waals surface area contributed by atoms with Crippen molar-refractivity contribution in [3.05, 3.63) is 119 Å². The molecule has 0 aliphatic carbocycles. The van der Waals surface area contributed by atoms with Crippen LogP contribution in [0.2, 0.25) is 0 Å². The molecule has 56 heavy (non-hydrogen) atoms. The van der Waals surface area contributed by atoms with Crippen LogP contribution in [0.15, 0.2) is 102 Å². The third-order valence-corrected chi connectivity index (χ3v) is 11.8. The predicted octanol–water partition coefficient (Wildman–Crippen LogP) is 5.71. The van der Waals surface area contributed by atoms with Crippen LogP contribution < -0.4 is 10.2 Å². The Labute approximate surface area is 327 Å². The number of imide groups is 1. The van der Waals surface area contributed by atoms with E-state index in [2.05, 4.69) is 52.9 Å². The van der Waals surface area contributed by atoms with E-state index in [-0.39, 0.29) is 29.3 Å². The SMILES string of the molecule is COC(=O)c1ccc(C(=C\C2=[N+](C)c3ccccc3C2(C)C)/C=C2\N(CCCCCC(=O)NCN3C(=O)C=CC3=O)c3ccc(S(=O)(=O)[O-])cc3C2(C)C)cc1. The number of carbonyl (C=O) groups excluding carboxylic acids is 4. The maximum atomic E-state index is 12.5. The first-order valence-electron chi connectivity index (χ1n) is 18.5. The van der Waals surface area contributed by atoms with Crippen LogP contribution in [0.1, 0.15) is 80.4 Å². The average Bonchev–Trinajstić information content (AvgIpc) is 3.67. The van der Waals surface area contributed by atoms with Gasteiger partial charge in [-0.3, -0.25) is 19.3 Å². The number of esters is 1. The van der Waals surface area contributed by atoms with Gasteiger partial charge >= 0.3 is 5.97 Å². The molecule has 1 N–H and O–H groups in total. The lowest BCUT2D eigenvalue weighted by Crippen LogP contribution is -2.40. The van der Waals surface area contributed by atoms with Crippen molar-refractivity contribution in [2.45, 2.75) is 69.1 Å². The number of nitrogens with zero attached hydrogens (tertiary/aromatic N) is 3. The Morgan fingerprint density at radius 1 is 0.857 bits per heavy atom. The van der Waals surface area contributed by atoms with Gasteiger partial charge in [-0.15, -0.1) is 0 Å². The van der Waals surface area contributed by atoms with Crippen molar-refractivity contribution in [1.29, 1.82) is 0 Å². The first kappa shape index (κ1) is 40.0. The highest BCUT2D eigenvalue weighted by atomic mass is 32.2. The monoisotopic (exact) mass is 778 g/mol. The van der Waals surface area contributed by atoms with Crippen molar-refractivity contribution in [2.75, 3.05) is 32.3 Å². The fraction of sp³-hybridized carbons (Fsp3) is 0.326. The van der Waals surface area contributed by atoms with E-state index in [1.165, 1.54) is 37.0 Å². The van der Waals surface area contributed by atoms with Gasteiger partial charge in [-0.1, -0.05) is 50.6 Å². The molecule has 0 unspecified atom stereocenters. The summed E-state index contributed by atoms with van der Waals surface area (Å²) in [5.41, 5.74) is 6.68. The van der Waals surface area contributed by atoms with E-state index in [9.17, 15) is 32.1 Å². The lowest BCUT2D eigenvalue weighted by Gasteiger charge is -2.28. The fourth-order valence-corrected chi connectivity index (χ4v) is 8.26. The summed E-state index contributed by atoms with van der Waals surface area (Å²) < 4.78 is 43.7. The molecule has 0 saturated carbocycles. The standard InChI is InChI=1S/C43H46N4O8S/c1-42(2)32-12-9-10-13-34(32)45(5)36(42)24-30(28-15-17-29(18-16-28)41(51)55-6)25-37-43(3,4)33-26-31(56(52,53)54)19-20-35(33)46(37)23-11-7-8-14-38(48)44-27-47-39(49)21-22-40(47)50/h9-10,12-13,15-22,24-26H,7-8,11,14,23,27H2,1-6H3,(H-,44,48,52,53,54). The average molecular weight is 779 g/mol. The summed E-state index contributed by atoms with van der Waals surface area (Å²) in [6.45, 7) is 8.71. The minimum Gasteiger partial charge on any atom is -0.744 e. The number of benzene rings is 3. The molecule has 3 amide bonds. The van der Waals surface area contributed by atoms with E-state index in [4.69, 9.17) is 4.74 Å². The van der Waals surface area contributed by atoms with Crippen molar-refractivity contribution in [2.24, 2.45) is 0 Å². The Kier molecular flexibility index (Phi) is 11.1. The molecule has 3 aliphatic rings. The number of ether oxygens (including phenoxy) is 1. The second kappa shape index (κ2) is 15.5. The van der Waals surface area contributed by atoms with Crippen molar-refractivity contribution >= 4 is 56.5 Å². The first-order valence-corrected chi connectivity index (χ1v) is 19.9. The Bertz CT molecular complexity index is 2340. The molecule has 12 nitrogen and oxygen atoms in total. The lowest BCUT2D eigenvalue weighted by molar-refractivity contribution is -0.401. The number of nitrogens with one attached hydrogen (secondary N) is 1. The Hall–Kier alpha value is -5.66. The highest BCUT2D eigenvalue weighted by molar-refractivity contribution is 7.85. The quantitative estimate of drug-likeness (QED) is 0.0756. The smallest absolute Gasteiger partial charge is 0.337 e. The molecule has 3 aliphatic heterocycles. The van der Waals surface area contributed by atoms with E-state index in [1.54, 1.807) is 18.2 Å². The van der Waals surface area contributed by atoms with Crippen LogP contribution >= 0.6 is 0 Å². The van der Waals surface area contributed by atoms with Gasteiger partial charge in [0.05, 0.1) is 23.0 Å². The van der Waals surface area contributed by atoms with Crippen molar-refractivity contribution < 1.29 is 41.5 Å². The van der Waals surface area contributed by atoms with E-state index in [0.717, 1.165) is 38.8 Å². The number of methoxy groups -OCH3 is 1. The number of carbonyl (C=O) groups is 4. The molecule has 0 fully saturated rings. The number of fused-ring (bicyclic) bond motifs is 2. The molecule has 0 bridgehead atoms. The van der Waals surface area contributed by atoms with Crippen LogP contribution in [0, 0.1) is 0 Å². The zero-order valence-electron chi connectivity index (χ0n) is 32.4. The van der Waals surface area contributed by atoms with Gasteiger partial charge in [0.25, 0.3) is 11.8 Å². The summed E-state index contributed by atoms with van der Waals surface area (Å²) >= 11 is 0. The number of amides is 3. The zero-order chi connectivity index (χ0) is 40.6. The molecule has 0 atom stereocenters. The molecular weight excluding hydrogens is 733 g/mol. The summed E-state index contributed by atoms with van der Waals surface area (Å²) in [5, 5.41) is 2.63. The molecule has 0 saturated heterocycles. The van der Waals surface area contributed by atoms with Crippen LogP contribution in [-0.4, -0.2) is 79.2 Å². The van der Waals surface area contributed by atoms with Gasteiger partial charge < -0.3 is 19.5 Å². The van der Waals surface area contributed by atoms with Crippen LogP contribution in [-0.2, 0) is 40.1 Å². The van der Waals surface area contributed by atoms with Gasteiger partial charge in [0.15, 0.2) is 5.71 Å². The molecule has 3 aromatic carbocycles. The van der Waals surface area contributed by atoms with Crippen molar-refractivity contribution in [3.8, 4) is 0 Å². The maximum absolute atomic E-state index is 12.5. The number of hydrogen-bond donors (Lipinski definition) is 1. The van der Waals surface area contributed by atoms with E-state index in [0.29, 0.717) is 36.9 Å². The minimum absolute atomic E-state index is 0.183. The largest absolute Gasteiger partial charge is 0.744 e. The van der Waals surface area contributed by atoms with Crippen LogP contribution in [0.4, 0.5) is 11.4 Å². The second-order valence-corrected chi connectivity index (χ2v) is 16.6. The molecule has 6 rings (SSSR count). The maximum Gasteiger partial charge on any atom is 0.337 e. The highest BCUT2D eigenvalue weighted by Crippen LogP contribution is 2.50. The van der Waals surface area contributed by atoms with E-state index in [1.807, 2.05) is 45.2 Å². The fourth-order valence-electron chi connectivity index (χ4n) is 7.76. The number of para-hydroxylation sites is 1. The molecule has 0 spiro atoms. The Morgan fingerprint density at radius 2 is 1.52 bits per heavy atom. The third-order valence-electron chi connectivity index (χ3n) is 10.9. The van der Waals surface area contributed by atoms with Crippen molar-refractivity contribution in [3.63, 3.8) is 0 Å². The molecular formula is C43H46N4O8S. The van der Waals surface area contributed by atoms with Gasteiger partial charge in [0.1, 0.15) is 23.8 Å². The lowest BCUT2D eigenvalue weighted by atomic mass is 9.79. The summed E-state index contributed by atoms with van der Waals surface area (Å²) in [7, 11) is -1.35. The molecule has 0 aromatic heterocycles. The normalized spacial score (nSPS) is 17.8. The third kappa shape index (κ3) is 7.74. The van der Waals surface area contributed by atoms with E-state index >= 15 is 0 Å². The molecule has 13 heteroatoms. The Balaban J connectivity index is 1.35. The summed E-state index contributed by atoms with van der Waals surface area (Å²) in [6.07, 6.45) is 8.70. The topological polar surface area (TPSA) is 156 Å². The summed E-state index contributed by atoms with van der Waals surface area (Å²) in [6, 6.07) is 20.0. The second-order valence-electron chi connectivity index (χ2n) is 15.2. The number of unbranched alkanes of at least 4 members (excludes halogenated alkanes) is 2. The summed E-state index contributed by atoms with van der Waals surface area (Å²) in [5.74, 6) is -1.65. The molecule has 292 valence electrons. The van der Waals surface area contributed by atoms with Crippen molar-refractivity contribution in [1.82, 2.24) is 10.2 Å². The first-order chi connectivity index (χ1) is 26.4. The van der Waals surface area contributed by atoms with Gasteiger partial charge in [0, 0.05) is 59.6 Å². The summed E-state index contributed by atoms with van der Waals surface area (Å²) in [4.78, 5) is 51.3. The molecule has 3 heterocycles. The van der Waals surface area contributed by atoms with Gasteiger partial charge in [-0.25, -0.2) is 13.2 Å². The Morgan fingerprint density at radius 3 is 2.16 bits per heavy atom. The van der Waals surface area contributed by atoms with Gasteiger partial charge in [-0.2, -0.15) is 4.58 Å². The van der Waals surface area contributed by atoms with Crippen LogP contribution in [0.25, 0.3) is 5.57 Å². The molecule has 3 aromatic rings. The zero-order valence-corrected chi connectivity index (χ0v) is 33.2. The van der Waals surface area contributed by atoms with E-state index < -0.39 is 33.3 Å². The van der Waals surface area contributed by atoms with Crippen LogP contribution in [0.5, 0.6) is 0 Å². The molecule has 0 radical (unpaired) electrons. The van der Waals surface area contributed by atoms with Gasteiger partial charge in [-0.05, 0) is 79.8 Å². The van der Waals surface area contributed by atoms with Gasteiger partial charge in [0.2, 0.25) is 11.6 Å². The number of allylic oxidation sites excluding steroid dienone is 4. The number of anilines is 1. The predicted molar refractivity (Wildman–Crippen MR) is 211 cm³/mol. The highest BCUT2D eigenvalue weighted by Gasteiger charge is 2.44.